The normalized spacial score (nSPS) is 16.4. The SMILES string of the molecule is CNc1ccc2c(c1)Oc1cc(NC)ccc1C21OC(=O)c2cc(C(=O)NCCNC(=O)CCOCCOCCOCCOCCNC(=O)OC3CC/C=C/CCC3)ccc21. The highest BCUT2D eigenvalue weighted by molar-refractivity contribution is 6.01. The maximum absolute atomic E-state index is 13.5. The Kier molecular flexibility index (Phi) is 16.8. The third kappa shape index (κ3) is 12.0. The number of anilines is 2. The maximum Gasteiger partial charge on any atom is 0.407 e. The third-order valence-electron chi connectivity index (χ3n) is 10.5. The van der Waals surface area contributed by atoms with E-state index in [0.717, 1.165) is 43.5 Å². The monoisotopic (exact) mass is 843 g/mol. The van der Waals surface area contributed by atoms with Gasteiger partial charge in [0.25, 0.3) is 5.91 Å². The smallest absolute Gasteiger partial charge is 0.407 e. The molecule has 3 aliphatic rings. The summed E-state index contributed by atoms with van der Waals surface area (Å²) in [4.78, 5) is 50.9. The molecule has 3 aromatic rings. The second-order valence-electron chi connectivity index (χ2n) is 14.6. The van der Waals surface area contributed by atoms with Crippen molar-refractivity contribution in [3.63, 3.8) is 0 Å². The fourth-order valence-electron chi connectivity index (χ4n) is 7.34. The molecule has 3 aromatic carbocycles. The van der Waals surface area contributed by atoms with Crippen LogP contribution >= 0.6 is 0 Å². The van der Waals surface area contributed by atoms with Crippen LogP contribution in [0.25, 0.3) is 0 Å². The zero-order valence-corrected chi connectivity index (χ0v) is 34.9. The number of hydrogen-bond acceptors (Lipinski definition) is 13. The molecule has 328 valence electrons. The molecule has 5 N–H and O–H groups in total. The lowest BCUT2D eigenvalue weighted by molar-refractivity contribution is -0.122. The Morgan fingerprint density at radius 2 is 1.28 bits per heavy atom. The van der Waals surface area contributed by atoms with Crippen molar-refractivity contribution < 1.29 is 52.3 Å². The Hall–Kier alpha value is -5.68. The first-order valence-electron chi connectivity index (χ1n) is 21.0. The van der Waals surface area contributed by atoms with Gasteiger partial charge in [0.1, 0.15) is 17.6 Å². The highest BCUT2D eigenvalue weighted by Crippen LogP contribution is 2.56. The lowest BCUT2D eigenvalue weighted by atomic mass is 9.77. The molecule has 3 amide bonds. The number of rotatable bonds is 22. The Morgan fingerprint density at radius 3 is 1.95 bits per heavy atom. The summed E-state index contributed by atoms with van der Waals surface area (Å²) < 4.78 is 40.1. The standard InChI is InChI=1S/C45H57N5O11/c1-46-32-11-14-37-39(29-32)60-40-30-33(47-2)12-15-38(40)45(37)36-13-10-31(28-35(36)43(53)61-45)42(52)49-18-17-48-41(51)16-20-55-22-24-57-26-27-58-25-23-56-21-19-50-44(54)59-34-8-6-4-3-5-7-9-34/h3-4,10-15,28-30,34,46-47H,5-9,16-27H2,1-2H3,(H,48,51)(H,49,52)(H,50,54)/b4-3+. The van der Waals surface area contributed by atoms with E-state index in [9.17, 15) is 19.2 Å². The number of carbonyl (C=O) groups is 4. The summed E-state index contributed by atoms with van der Waals surface area (Å²) in [6.45, 7) is 3.65. The van der Waals surface area contributed by atoms with Crippen molar-refractivity contribution in [1.82, 2.24) is 16.0 Å². The van der Waals surface area contributed by atoms with E-state index in [-0.39, 0.29) is 55.2 Å². The van der Waals surface area contributed by atoms with Crippen molar-refractivity contribution in [3.05, 3.63) is 94.6 Å². The van der Waals surface area contributed by atoms with Gasteiger partial charge in [-0.25, -0.2) is 9.59 Å². The van der Waals surface area contributed by atoms with E-state index in [4.69, 9.17) is 33.2 Å². The van der Waals surface area contributed by atoms with Crippen molar-refractivity contribution in [1.29, 1.82) is 0 Å². The van der Waals surface area contributed by atoms with E-state index in [2.05, 4.69) is 38.7 Å². The fraction of sp³-hybridized carbons (Fsp3) is 0.467. The van der Waals surface area contributed by atoms with Crippen molar-refractivity contribution in [2.45, 2.75) is 50.2 Å². The maximum atomic E-state index is 13.5. The molecule has 0 saturated heterocycles. The molecule has 0 saturated carbocycles. The van der Waals surface area contributed by atoms with Gasteiger partial charge in [0.15, 0.2) is 5.60 Å². The molecular weight excluding hydrogens is 787 g/mol. The van der Waals surface area contributed by atoms with Crippen LogP contribution in [0.3, 0.4) is 0 Å². The predicted octanol–water partition coefficient (Wildman–Crippen LogP) is 5.26. The first-order chi connectivity index (χ1) is 29.8. The van der Waals surface area contributed by atoms with Gasteiger partial charge in [0.2, 0.25) is 5.91 Å². The Labute approximate surface area is 356 Å². The van der Waals surface area contributed by atoms with Crippen molar-refractivity contribution in [2.75, 3.05) is 97.2 Å². The van der Waals surface area contributed by atoms with Crippen molar-refractivity contribution in [3.8, 4) is 11.5 Å². The van der Waals surface area contributed by atoms with Gasteiger partial charge >= 0.3 is 12.1 Å². The van der Waals surface area contributed by atoms with Crippen LogP contribution in [0.4, 0.5) is 16.2 Å². The van der Waals surface area contributed by atoms with E-state index >= 15 is 0 Å². The predicted molar refractivity (Wildman–Crippen MR) is 228 cm³/mol. The molecule has 6 rings (SSSR count). The topological polar surface area (TPSA) is 193 Å². The highest BCUT2D eigenvalue weighted by atomic mass is 16.6. The summed E-state index contributed by atoms with van der Waals surface area (Å²) >= 11 is 0. The minimum atomic E-state index is -1.26. The molecule has 1 spiro atoms. The molecule has 1 unspecified atom stereocenters. The zero-order chi connectivity index (χ0) is 42.9. The Bertz CT molecular complexity index is 1950. The van der Waals surface area contributed by atoms with E-state index < -0.39 is 17.7 Å². The first-order valence-corrected chi connectivity index (χ1v) is 21.0. The van der Waals surface area contributed by atoms with Gasteiger partial charge in [-0.1, -0.05) is 18.2 Å². The van der Waals surface area contributed by atoms with Gasteiger partial charge in [-0.05, 0) is 68.5 Å². The lowest BCUT2D eigenvalue weighted by Gasteiger charge is -2.36. The summed E-state index contributed by atoms with van der Waals surface area (Å²) in [7, 11) is 3.63. The van der Waals surface area contributed by atoms with Crippen LogP contribution in [-0.2, 0) is 38.8 Å². The van der Waals surface area contributed by atoms with Crippen LogP contribution in [0.15, 0.2) is 66.7 Å². The average Bonchev–Trinajstić information content (AvgIpc) is 3.55. The van der Waals surface area contributed by atoms with Gasteiger partial charge in [0.05, 0.1) is 58.4 Å². The van der Waals surface area contributed by atoms with Crippen LogP contribution in [0.1, 0.15) is 75.9 Å². The number of benzene rings is 3. The van der Waals surface area contributed by atoms with Gasteiger partial charge < -0.3 is 59.7 Å². The minimum Gasteiger partial charge on any atom is -0.456 e. The number of hydrogen-bond donors (Lipinski definition) is 5. The molecule has 0 fully saturated rings. The van der Waals surface area contributed by atoms with Gasteiger partial charge in [-0.2, -0.15) is 0 Å². The number of amides is 3. The van der Waals surface area contributed by atoms with Gasteiger partial charge in [-0.3, -0.25) is 9.59 Å². The third-order valence-corrected chi connectivity index (χ3v) is 10.5. The molecule has 0 bridgehead atoms. The van der Waals surface area contributed by atoms with E-state index in [0.29, 0.717) is 81.0 Å². The van der Waals surface area contributed by atoms with Gasteiger partial charge in [-0.15, -0.1) is 0 Å². The molecule has 0 aromatic heterocycles. The molecule has 16 heteroatoms. The number of fused-ring (bicyclic) bond motifs is 6. The second-order valence-corrected chi connectivity index (χ2v) is 14.6. The van der Waals surface area contributed by atoms with Crippen molar-refractivity contribution >= 4 is 35.3 Å². The molecule has 2 aliphatic heterocycles. The Balaban J connectivity index is 0.809. The molecule has 1 aliphatic carbocycles. The largest absolute Gasteiger partial charge is 0.456 e. The highest BCUT2D eigenvalue weighted by Gasteiger charge is 2.53. The van der Waals surface area contributed by atoms with Crippen LogP contribution < -0.4 is 31.3 Å². The van der Waals surface area contributed by atoms with E-state index in [1.165, 1.54) is 0 Å². The summed E-state index contributed by atoms with van der Waals surface area (Å²) in [5.74, 6) is -0.0485. The lowest BCUT2D eigenvalue weighted by Crippen LogP contribution is -2.35. The fourth-order valence-corrected chi connectivity index (χ4v) is 7.34. The Morgan fingerprint density at radius 1 is 0.672 bits per heavy atom. The molecule has 61 heavy (non-hydrogen) atoms. The zero-order valence-electron chi connectivity index (χ0n) is 34.9. The van der Waals surface area contributed by atoms with Gasteiger partial charge in [0, 0.05) is 85.9 Å². The first kappa shape index (κ1) is 44.9. The number of allylic oxidation sites excluding steroid dienone is 2. The quantitative estimate of drug-likeness (QED) is 0.0501. The summed E-state index contributed by atoms with van der Waals surface area (Å²) in [6, 6.07) is 16.3. The molecule has 2 heterocycles. The molecule has 1 atom stereocenters. The number of carbonyl (C=O) groups excluding carboxylic acids is 4. The molecule has 16 nitrogen and oxygen atoms in total. The van der Waals surface area contributed by atoms with E-state index in [1.54, 1.807) is 18.2 Å². The number of alkyl carbamates (subject to hydrolysis) is 1. The molecule has 0 radical (unpaired) electrons. The second kappa shape index (κ2) is 22.8. The molecular formula is C45H57N5O11. The summed E-state index contributed by atoms with van der Waals surface area (Å²) in [6.07, 6.45) is 8.78. The average molecular weight is 844 g/mol. The number of ether oxygens (including phenoxy) is 7. The van der Waals surface area contributed by atoms with Crippen molar-refractivity contribution in [2.24, 2.45) is 0 Å². The summed E-state index contributed by atoms with van der Waals surface area (Å²) in [5, 5.41) is 14.5. The van der Waals surface area contributed by atoms with E-state index in [1.807, 2.05) is 50.5 Å². The van der Waals surface area contributed by atoms with Crippen LogP contribution in [0, 0.1) is 0 Å². The van der Waals surface area contributed by atoms with Crippen LogP contribution in [-0.4, -0.2) is 117 Å². The number of nitrogens with one attached hydrogen (secondary N) is 5. The summed E-state index contributed by atoms with van der Waals surface area (Å²) in [5.41, 5.74) is 2.95. The van der Waals surface area contributed by atoms with Crippen LogP contribution in [0.2, 0.25) is 0 Å². The minimum absolute atomic E-state index is 0.0357. The number of esters is 1. The van der Waals surface area contributed by atoms with Crippen LogP contribution in [0.5, 0.6) is 11.5 Å².